The van der Waals surface area contributed by atoms with Gasteiger partial charge in [0.05, 0.1) is 1.93 Å². The van der Waals surface area contributed by atoms with Crippen molar-refractivity contribution in [2.45, 2.75) is 33.5 Å². The molecule has 0 saturated heterocycles. The lowest BCUT2D eigenvalue weighted by Crippen LogP contribution is -2.26. The molecule has 0 aromatic carbocycles. The lowest BCUT2D eigenvalue weighted by Gasteiger charge is -2.28. The highest BCUT2D eigenvalue weighted by molar-refractivity contribution is 14.2. The quantitative estimate of drug-likeness (QED) is 0.472. The van der Waals surface area contributed by atoms with Crippen LogP contribution in [0.15, 0.2) is 0 Å². The molecule has 0 bridgehead atoms. The molecule has 0 spiro atoms. The van der Waals surface area contributed by atoms with Crippen molar-refractivity contribution in [3.05, 3.63) is 0 Å². The van der Waals surface area contributed by atoms with Gasteiger partial charge in [-0.2, -0.15) is 0 Å². The number of hydrogen-bond donors (Lipinski definition) is 0. The molecule has 1 aliphatic rings. The van der Waals surface area contributed by atoms with Gasteiger partial charge >= 0.3 is 0 Å². The van der Waals surface area contributed by atoms with Crippen LogP contribution in [0, 0.1) is 5.92 Å². The molecule has 0 aromatic rings. The summed E-state index contributed by atoms with van der Waals surface area (Å²) in [5.41, 5.74) is 0. The van der Waals surface area contributed by atoms with Gasteiger partial charge in [0.2, 0.25) is 5.92 Å². The van der Waals surface area contributed by atoms with E-state index in [0.717, 1.165) is 0 Å². The van der Waals surface area contributed by atoms with Crippen LogP contribution in [0.25, 0.3) is 0 Å². The van der Waals surface area contributed by atoms with E-state index in [1.54, 1.807) is 0 Å². The molecule has 0 heterocycles. The summed E-state index contributed by atoms with van der Waals surface area (Å²) < 4.78 is 25.8. The molecule has 0 N–H and O–H groups in total. The van der Waals surface area contributed by atoms with Crippen molar-refractivity contribution < 1.29 is 8.78 Å². The van der Waals surface area contributed by atoms with E-state index < -0.39 is 5.92 Å². The predicted octanol–water partition coefficient (Wildman–Crippen LogP) is 4.01. The van der Waals surface area contributed by atoms with Gasteiger partial charge in [0.15, 0.2) is 0 Å². The number of rotatable bonds is 1. The van der Waals surface area contributed by atoms with Crippen LogP contribution < -0.4 is 0 Å². The van der Waals surface area contributed by atoms with Gasteiger partial charge in [0, 0.05) is 12.8 Å². The largest absolute Gasteiger partial charge is 0.248 e. The van der Waals surface area contributed by atoms with E-state index in [0.29, 0.717) is 20.7 Å². The molecule has 11 heavy (non-hydrogen) atoms. The maximum atomic E-state index is 12.6. The van der Waals surface area contributed by atoms with Crippen molar-refractivity contribution in [3.8, 4) is 0 Å². The van der Waals surface area contributed by atoms with Gasteiger partial charge in [-0.15, -0.1) is 0 Å². The van der Waals surface area contributed by atoms with Gasteiger partial charge < -0.3 is 0 Å². The molecule has 0 nitrogen and oxygen atoms in total. The Balaban J connectivity index is 2.36. The molecule has 0 atom stereocenters. The fraction of sp³-hybridized carbons (Fsp3) is 1.00. The fourth-order valence-electron chi connectivity index (χ4n) is 1.31. The molecule has 4 heteroatoms. The summed E-state index contributed by atoms with van der Waals surface area (Å²) in [4.78, 5) is 0. The summed E-state index contributed by atoms with van der Waals surface area (Å²) >= 11 is 4.63. The van der Waals surface area contributed by atoms with Crippen molar-refractivity contribution in [2.75, 3.05) is 0 Å². The van der Waals surface area contributed by atoms with Crippen LogP contribution in [0.3, 0.4) is 0 Å². The molecule has 0 radical (unpaired) electrons. The Morgan fingerprint density at radius 3 is 2.00 bits per heavy atom. The molecule has 66 valence electrons. The molecular formula is C7H10F2I2. The molecule has 1 rings (SSSR count). The Hall–Kier alpha value is 1.32. The van der Waals surface area contributed by atoms with Gasteiger partial charge in [0.25, 0.3) is 0 Å². The highest BCUT2D eigenvalue weighted by Gasteiger charge is 2.36. The summed E-state index contributed by atoms with van der Waals surface area (Å²) in [6.07, 6.45) is 1.59. The maximum Gasteiger partial charge on any atom is 0.248 e. The first kappa shape index (κ1) is 10.4. The molecule has 0 amide bonds. The van der Waals surface area contributed by atoms with E-state index in [9.17, 15) is 8.78 Å². The smallest absolute Gasteiger partial charge is 0.207 e. The van der Waals surface area contributed by atoms with Crippen LogP contribution >= 0.6 is 45.2 Å². The minimum atomic E-state index is -2.36. The third-order valence-electron chi connectivity index (χ3n) is 2.12. The Morgan fingerprint density at radius 1 is 1.18 bits per heavy atom. The molecule has 1 aliphatic carbocycles. The average molecular weight is 386 g/mol. The first-order chi connectivity index (χ1) is 5.01. The van der Waals surface area contributed by atoms with Crippen molar-refractivity contribution in [1.29, 1.82) is 0 Å². The Morgan fingerprint density at radius 2 is 1.64 bits per heavy atom. The highest BCUT2D eigenvalue weighted by Crippen LogP contribution is 2.40. The van der Waals surface area contributed by atoms with Gasteiger partial charge in [-0.25, -0.2) is 8.78 Å². The maximum absolute atomic E-state index is 12.6. The summed E-state index contributed by atoms with van der Waals surface area (Å²) in [6.45, 7) is 0. The van der Waals surface area contributed by atoms with Crippen molar-refractivity contribution >= 4 is 45.2 Å². The van der Waals surface area contributed by atoms with Gasteiger partial charge in [0.1, 0.15) is 0 Å². The van der Waals surface area contributed by atoms with Crippen LogP contribution in [0.1, 0.15) is 25.7 Å². The predicted molar refractivity (Wildman–Crippen MR) is 58.7 cm³/mol. The number of halogens is 4. The minimum absolute atomic E-state index is 0.0974. The van der Waals surface area contributed by atoms with Gasteiger partial charge in [-0.1, -0.05) is 45.2 Å². The van der Waals surface area contributed by atoms with Crippen LogP contribution in [0.2, 0.25) is 0 Å². The first-order valence-electron chi connectivity index (χ1n) is 3.67. The number of hydrogen-bond acceptors (Lipinski definition) is 0. The summed E-state index contributed by atoms with van der Waals surface area (Å²) in [5, 5.41) is 0. The van der Waals surface area contributed by atoms with Crippen LogP contribution in [0.5, 0.6) is 0 Å². The Bertz CT molecular complexity index is 126. The molecule has 1 fully saturated rings. The standard InChI is InChI=1S/C7H10F2I2/c8-7(9)3-1-5(2-4-7)6(10)11/h5-6H,1-4H2. The van der Waals surface area contributed by atoms with Crippen LogP contribution in [-0.2, 0) is 0 Å². The van der Waals surface area contributed by atoms with Crippen LogP contribution in [0.4, 0.5) is 8.78 Å². The van der Waals surface area contributed by atoms with Crippen LogP contribution in [-0.4, -0.2) is 7.85 Å². The monoisotopic (exact) mass is 386 g/mol. The number of alkyl halides is 4. The Kier molecular flexibility index (Phi) is 3.80. The highest BCUT2D eigenvalue weighted by atomic mass is 127. The third-order valence-corrected chi connectivity index (χ3v) is 4.15. The van der Waals surface area contributed by atoms with E-state index in [-0.39, 0.29) is 12.8 Å². The average Bonchev–Trinajstić information content (AvgIpc) is 1.86. The van der Waals surface area contributed by atoms with Gasteiger partial charge in [-0.3, -0.25) is 0 Å². The minimum Gasteiger partial charge on any atom is -0.207 e. The van der Waals surface area contributed by atoms with Crippen molar-refractivity contribution in [2.24, 2.45) is 5.92 Å². The zero-order valence-corrected chi connectivity index (χ0v) is 10.3. The van der Waals surface area contributed by atoms with E-state index in [2.05, 4.69) is 45.2 Å². The lowest BCUT2D eigenvalue weighted by molar-refractivity contribution is -0.0434. The molecule has 1 saturated carbocycles. The fourth-order valence-corrected chi connectivity index (χ4v) is 2.75. The second kappa shape index (κ2) is 4.02. The Labute approximate surface area is 92.8 Å². The van der Waals surface area contributed by atoms with Crippen molar-refractivity contribution in [3.63, 3.8) is 0 Å². The third kappa shape index (κ3) is 3.28. The second-order valence-electron chi connectivity index (χ2n) is 3.03. The SMILES string of the molecule is FC1(F)CCC(C(I)I)CC1. The zero-order valence-electron chi connectivity index (χ0n) is 5.99. The molecular weight excluding hydrogens is 376 g/mol. The van der Waals surface area contributed by atoms with Crippen molar-refractivity contribution in [1.82, 2.24) is 0 Å². The topological polar surface area (TPSA) is 0 Å². The molecule has 0 aromatic heterocycles. The van der Waals surface area contributed by atoms with E-state index in [1.807, 2.05) is 0 Å². The summed E-state index contributed by atoms with van der Waals surface area (Å²) in [6, 6.07) is 0. The second-order valence-corrected chi connectivity index (χ2v) is 8.10. The van der Waals surface area contributed by atoms with E-state index in [1.165, 1.54) is 0 Å². The normalized spacial score (nSPS) is 25.9. The van der Waals surface area contributed by atoms with Gasteiger partial charge in [-0.05, 0) is 18.8 Å². The van der Waals surface area contributed by atoms with E-state index in [4.69, 9.17) is 0 Å². The summed E-state index contributed by atoms with van der Waals surface area (Å²) in [5.74, 6) is -1.85. The lowest BCUT2D eigenvalue weighted by atomic mass is 9.88. The molecule has 0 aliphatic heterocycles. The van der Waals surface area contributed by atoms with E-state index >= 15 is 0 Å². The summed E-state index contributed by atoms with van der Waals surface area (Å²) in [7, 11) is 0. The zero-order chi connectivity index (χ0) is 8.48. The molecule has 0 unspecified atom stereocenters. The first-order valence-corrected chi connectivity index (χ1v) is 6.16.